The van der Waals surface area contributed by atoms with Crippen molar-refractivity contribution >= 4 is 37.4 Å². The highest BCUT2D eigenvalue weighted by atomic mass is 32.2. The predicted octanol–water partition coefficient (Wildman–Crippen LogP) is 6.02. The van der Waals surface area contributed by atoms with Crippen molar-refractivity contribution in [3.63, 3.8) is 0 Å². The van der Waals surface area contributed by atoms with E-state index >= 15 is 0 Å². The Morgan fingerprint density at radius 1 is 1.00 bits per heavy atom. The molecule has 2 heterocycles. The normalized spacial score (nSPS) is 11.7. The number of ether oxygens (including phenoxy) is 2. The summed E-state index contributed by atoms with van der Waals surface area (Å²) in [5, 5.41) is 12.8. The van der Waals surface area contributed by atoms with Crippen LogP contribution in [0.25, 0.3) is 21.7 Å². The lowest BCUT2D eigenvalue weighted by Gasteiger charge is -2.24. The highest BCUT2D eigenvalue weighted by Gasteiger charge is 2.28. The SMILES string of the molecule is CCN(c1c2cc(Cc3ccc(F)cc3)cnc2c(OCc2ccc(OC)cc2)c2c(O)n(CC)cc12)S(C)(=O)=O. The van der Waals surface area contributed by atoms with Crippen LogP contribution >= 0.6 is 0 Å². The van der Waals surface area contributed by atoms with E-state index in [-0.39, 0.29) is 24.8 Å². The van der Waals surface area contributed by atoms with E-state index in [2.05, 4.69) is 0 Å². The number of rotatable bonds is 10. The van der Waals surface area contributed by atoms with Gasteiger partial charge in [0.05, 0.1) is 24.4 Å². The van der Waals surface area contributed by atoms with Crippen molar-refractivity contribution in [3.05, 3.63) is 89.5 Å². The van der Waals surface area contributed by atoms with E-state index in [0.717, 1.165) is 28.7 Å². The molecule has 0 amide bonds. The first-order valence-electron chi connectivity index (χ1n) is 13.3. The van der Waals surface area contributed by atoms with Crippen LogP contribution in [-0.4, -0.2) is 43.0 Å². The molecule has 1 N–H and O–H groups in total. The van der Waals surface area contributed by atoms with Crippen LogP contribution in [0.4, 0.5) is 10.1 Å². The molecule has 0 saturated heterocycles. The summed E-state index contributed by atoms with van der Waals surface area (Å²) in [6.07, 6.45) is 5.08. The second-order valence-electron chi connectivity index (χ2n) is 9.81. The number of pyridine rings is 1. The lowest BCUT2D eigenvalue weighted by molar-refractivity contribution is 0.311. The van der Waals surface area contributed by atoms with Gasteiger partial charge in [-0.15, -0.1) is 0 Å². The number of nitrogens with zero attached hydrogens (tertiary/aromatic N) is 3. The zero-order valence-corrected chi connectivity index (χ0v) is 24.2. The first kappa shape index (κ1) is 28.2. The number of aromatic nitrogens is 2. The van der Waals surface area contributed by atoms with Crippen LogP contribution < -0.4 is 13.8 Å². The van der Waals surface area contributed by atoms with Gasteiger partial charge in [0.2, 0.25) is 15.9 Å². The van der Waals surface area contributed by atoms with Crippen LogP contribution in [0.5, 0.6) is 17.4 Å². The third kappa shape index (κ3) is 5.52. The summed E-state index contributed by atoms with van der Waals surface area (Å²) in [4.78, 5) is 4.76. The number of hydrogen-bond donors (Lipinski definition) is 1. The van der Waals surface area contributed by atoms with Crippen LogP contribution in [0.1, 0.15) is 30.5 Å². The molecule has 2 aromatic heterocycles. The molecule has 0 spiro atoms. The summed E-state index contributed by atoms with van der Waals surface area (Å²) < 4.78 is 54.2. The van der Waals surface area contributed by atoms with E-state index in [1.54, 1.807) is 43.1 Å². The molecule has 0 aliphatic carbocycles. The molecule has 0 aliphatic heterocycles. The Balaban J connectivity index is 1.75. The second kappa shape index (κ2) is 11.3. The van der Waals surface area contributed by atoms with Gasteiger partial charge in [-0.1, -0.05) is 24.3 Å². The highest BCUT2D eigenvalue weighted by molar-refractivity contribution is 7.92. The minimum Gasteiger partial charge on any atom is -0.497 e. The number of benzene rings is 3. The molecule has 5 aromatic rings. The van der Waals surface area contributed by atoms with Crippen molar-refractivity contribution in [1.82, 2.24) is 9.55 Å². The van der Waals surface area contributed by atoms with Gasteiger partial charge in [0.25, 0.3) is 0 Å². The molecule has 0 saturated carbocycles. The first-order valence-corrected chi connectivity index (χ1v) is 15.1. The molecular formula is C31H32FN3O5S. The van der Waals surface area contributed by atoms with Crippen LogP contribution in [-0.2, 0) is 29.6 Å². The number of halogens is 1. The molecule has 0 fully saturated rings. The van der Waals surface area contributed by atoms with Crippen molar-refractivity contribution in [2.75, 3.05) is 24.2 Å². The van der Waals surface area contributed by atoms with Gasteiger partial charge in [-0.25, -0.2) is 12.8 Å². The monoisotopic (exact) mass is 577 g/mol. The van der Waals surface area contributed by atoms with Gasteiger partial charge >= 0.3 is 0 Å². The Morgan fingerprint density at radius 2 is 1.68 bits per heavy atom. The van der Waals surface area contributed by atoms with E-state index in [9.17, 15) is 17.9 Å². The predicted molar refractivity (Wildman–Crippen MR) is 159 cm³/mol. The number of fused-ring (bicyclic) bond motifs is 2. The zero-order chi connectivity index (χ0) is 29.3. The molecule has 0 radical (unpaired) electrons. The number of aryl methyl sites for hydroxylation is 1. The van der Waals surface area contributed by atoms with Crippen LogP contribution in [0, 0.1) is 5.82 Å². The summed E-state index contributed by atoms with van der Waals surface area (Å²) in [5.41, 5.74) is 3.43. The third-order valence-corrected chi connectivity index (χ3v) is 8.33. The lowest BCUT2D eigenvalue weighted by Crippen LogP contribution is -2.29. The van der Waals surface area contributed by atoms with E-state index in [0.29, 0.717) is 46.1 Å². The molecular weight excluding hydrogens is 545 g/mol. The van der Waals surface area contributed by atoms with E-state index in [4.69, 9.17) is 14.5 Å². The van der Waals surface area contributed by atoms with E-state index < -0.39 is 10.0 Å². The molecule has 3 aromatic carbocycles. The maximum atomic E-state index is 13.5. The second-order valence-corrected chi connectivity index (χ2v) is 11.7. The molecule has 0 bridgehead atoms. The Labute approximate surface area is 238 Å². The minimum absolute atomic E-state index is 0.0304. The minimum atomic E-state index is -3.69. The molecule has 0 aliphatic rings. The summed E-state index contributed by atoms with van der Waals surface area (Å²) in [6.45, 7) is 4.48. The summed E-state index contributed by atoms with van der Waals surface area (Å²) in [7, 11) is -2.09. The van der Waals surface area contributed by atoms with Crippen molar-refractivity contribution in [2.45, 2.75) is 33.4 Å². The van der Waals surface area contributed by atoms with Crippen LogP contribution in [0.3, 0.4) is 0 Å². The van der Waals surface area contributed by atoms with Gasteiger partial charge in [-0.3, -0.25) is 9.29 Å². The molecule has 5 rings (SSSR count). The van der Waals surface area contributed by atoms with Gasteiger partial charge < -0.3 is 19.1 Å². The standard InChI is InChI=1S/C31H32FN3O5S/c1-5-34-18-26-27(31(34)36)30(40-19-21-9-13-24(39-3)14-10-21)28-25(29(26)35(6-2)41(4,37)38)16-22(17-33-28)15-20-7-11-23(32)12-8-20/h7-14,16-18,36H,5-6,15,19H2,1-4H3. The largest absolute Gasteiger partial charge is 0.497 e. The Kier molecular flexibility index (Phi) is 7.77. The topological polar surface area (TPSA) is 93.9 Å². The molecule has 214 valence electrons. The van der Waals surface area contributed by atoms with Gasteiger partial charge in [0.15, 0.2) is 5.75 Å². The number of aromatic hydroxyl groups is 1. The fourth-order valence-electron chi connectivity index (χ4n) is 5.10. The van der Waals surface area contributed by atoms with Crippen molar-refractivity contribution in [1.29, 1.82) is 0 Å². The van der Waals surface area contributed by atoms with Crippen LogP contribution in [0.15, 0.2) is 67.0 Å². The molecule has 41 heavy (non-hydrogen) atoms. The number of methoxy groups -OCH3 is 1. The number of sulfonamides is 1. The summed E-state index contributed by atoms with van der Waals surface area (Å²) in [5.74, 6) is 0.731. The highest BCUT2D eigenvalue weighted by Crippen LogP contribution is 2.47. The molecule has 8 nitrogen and oxygen atoms in total. The fraction of sp³-hybridized carbons (Fsp3) is 0.258. The average Bonchev–Trinajstić information content (AvgIpc) is 3.29. The van der Waals surface area contributed by atoms with E-state index in [1.165, 1.54) is 16.4 Å². The van der Waals surface area contributed by atoms with E-state index in [1.807, 2.05) is 37.3 Å². The Bertz CT molecular complexity index is 1820. The van der Waals surface area contributed by atoms with Crippen molar-refractivity contribution < 1.29 is 27.4 Å². The Morgan fingerprint density at radius 3 is 2.29 bits per heavy atom. The molecule has 0 atom stereocenters. The summed E-state index contributed by atoms with van der Waals surface area (Å²) >= 11 is 0. The maximum absolute atomic E-state index is 13.5. The molecule has 10 heteroatoms. The molecule has 0 unspecified atom stereocenters. The van der Waals surface area contributed by atoms with Crippen molar-refractivity contribution in [3.8, 4) is 17.4 Å². The van der Waals surface area contributed by atoms with Gasteiger partial charge in [-0.2, -0.15) is 0 Å². The zero-order valence-electron chi connectivity index (χ0n) is 23.4. The van der Waals surface area contributed by atoms with Gasteiger partial charge in [0, 0.05) is 36.3 Å². The lowest BCUT2D eigenvalue weighted by atomic mass is 10.0. The maximum Gasteiger partial charge on any atom is 0.232 e. The summed E-state index contributed by atoms with van der Waals surface area (Å²) in [6, 6.07) is 15.6. The first-order chi connectivity index (χ1) is 19.6. The van der Waals surface area contributed by atoms with Gasteiger partial charge in [0.1, 0.15) is 23.7 Å². The quantitative estimate of drug-likeness (QED) is 0.218. The van der Waals surface area contributed by atoms with Crippen LogP contribution in [0.2, 0.25) is 0 Å². The van der Waals surface area contributed by atoms with Gasteiger partial charge in [-0.05, 0) is 67.3 Å². The third-order valence-electron chi connectivity index (χ3n) is 7.09. The fourth-order valence-corrected chi connectivity index (χ4v) is 6.10. The average molecular weight is 578 g/mol. The number of hydrogen-bond acceptors (Lipinski definition) is 6. The van der Waals surface area contributed by atoms with Crippen molar-refractivity contribution in [2.24, 2.45) is 0 Å². The Hall–Kier alpha value is -4.31. The smallest absolute Gasteiger partial charge is 0.232 e. The number of anilines is 1.